The van der Waals surface area contributed by atoms with Crippen LogP contribution in [0.1, 0.15) is 37.0 Å². The first-order chi connectivity index (χ1) is 10.4. The molecule has 1 rings (SSSR count). The van der Waals surface area contributed by atoms with Gasteiger partial charge in [-0.15, -0.1) is 0 Å². The van der Waals surface area contributed by atoms with Gasteiger partial charge < -0.3 is 9.47 Å². The van der Waals surface area contributed by atoms with Crippen molar-refractivity contribution in [1.29, 1.82) is 0 Å². The first-order valence-electron chi connectivity index (χ1n) is 6.68. The van der Waals surface area contributed by atoms with E-state index >= 15 is 0 Å². The summed E-state index contributed by atoms with van der Waals surface area (Å²) in [5.41, 5.74) is -0.297. The van der Waals surface area contributed by atoms with Gasteiger partial charge in [-0.05, 0) is 19.4 Å². The fourth-order valence-electron chi connectivity index (χ4n) is 1.49. The Morgan fingerprint density at radius 3 is 2.64 bits per heavy atom. The highest BCUT2D eigenvalue weighted by atomic mass is 35.5. The SMILES string of the molecule is CCCCOC(=O)[C@@H](C)OC(=O)c1ccc([N+](=O)[O-])cc1Cl. The van der Waals surface area contributed by atoms with Crippen molar-refractivity contribution in [3.8, 4) is 0 Å². The molecule has 0 spiro atoms. The first kappa shape index (κ1) is 17.9. The maximum Gasteiger partial charge on any atom is 0.347 e. The largest absolute Gasteiger partial charge is 0.463 e. The Kier molecular flexibility index (Phi) is 6.78. The highest BCUT2D eigenvalue weighted by Gasteiger charge is 2.22. The van der Waals surface area contributed by atoms with Gasteiger partial charge in [0.15, 0.2) is 6.10 Å². The minimum Gasteiger partial charge on any atom is -0.463 e. The third-order valence-electron chi connectivity index (χ3n) is 2.74. The maximum atomic E-state index is 11.9. The van der Waals surface area contributed by atoms with E-state index in [1.807, 2.05) is 6.92 Å². The molecule has 1 aromatic rings. The lowest BCUT2D eigenvalue weighted by Crippen LogP contribution is -2.26. The summed E-state index contributed by atoms with van der Waals surface area (Å²) >= 11 is 5.81. The van der Waals surface area contributed by atoms with E-state index in [9.17, 15) is 19.7 Å². The van der Waals surface area contributed by atoms with E-state index in [0.717, 1.165) is 25.0 Å². The van der Waals surface area contributed by atoms with Crippen molar-refractivity contribution in [2.45, 2.75) is 32.8 Å². The van der Waals surface area contributed by atoms with Crippen molar-refractivity contribution < 1.29 is 24.0 Å². The number of nitro groups is 1. The molecule has 0 N–H and O–H groups in total. The number of hydrogen-bond acceptors (Lipinski definition) is 6. The van der Waals surface area contributed by atoms with Crippen LogP contribution in [-0.2, 0) is 14.3 Å². The summed E-state index contributed by atoms with van der Waals surface area (Å²) in [6.07, 6.45) is 0.510. The molecule has 0 bridgehead atoms. The number of benzene rings is 1. The molecular weight excluding hydrogens is 314 g/mol. The lowest BCUT2D eigenvalue weighted by molar-refractivity contribution is -0.384. The smallest absolute Gasteiger partial charge is 0.347 e. The minimum atomic E-state index is -1.09. The van der Waals surface area contributed by atoms with Gasteiger partial charge in [0.2, 0.25) is 0 Å². The molecule has 0 aliphatic rings. The van der Waals surface area contributed by atoms with Crippen LogP contribution in [0, 0.1) is 10.1 Å². The van der Waals surface area contributed by atoms with Crippen LogP contribution >= 0.6 is 11.6 Å². The Labute approximate surface area is 132 Å². The molecule has 1 atom stereocenters. The Bertz CT molecular complexity index is 574. The molecular formula is C14H16ClNO6. The zero-order chi connectivity index (χ0) is 16.7. The number of carbonyl (C=O) groups excluding carboxylic acids is 2. The van der Waals surface area contributed by atoms with Gasteiger partial charge in [0.05, 0.1) is 22.1 Å². The normalized spacial score (nSPS) is 11.6. The predicted octanol–water partition coefficient (Wildman–Crippen LogP) is 3.14. The van der Waals surface area contributed by atoms with E-state index < -0.39 is 23.0 Å². The Morgan fingerprint density at radius 1 is 1.41 bits per heavy atom. The third-order valence-corrected chi connectivity index (χ3v) is 3.05. The number of nitro benzene ring substituents is 1. The fourth-order valence-corrected chi connectivity index (χ4v) is 1.74. The zero-order valence-electron chi connectivity index (χ0n) is 12.2. The van der Waals surface area contributed by atoms with Crippen molar-refractivity contribution in [3.05, 3.63) is 38.9 Å². The molecule has 0 saturated heterocycles. The lowest BCUT2D eigenvalue weighted by atomic mass is 10.2. The van der Waals surface area contributed by atoms with E-state index in [-0.39, 0.29) is 22.9 Å². The molecule has 120 valence electrons. The molecule has 0 amide bonds. The van der Waals surface area contributed by atoms with Gasteiger partial charge in [-0.2, -0.15) is 0 Å². The number of ether oxygens (including phenoxy) is 2. The second-order valence-corrected chi connectivity index (χ2v) is 4.90. The molecule has 0 aliphatic heterocycles. The number of halogens is 1. The van der Waals surface area contributed by atoms with E-state index in [4.69, 9.17) is 21.1 Å². The quantitative estimate of drug-likeness (QED) is 0.330. The van der Waals surface area contributed by atoms with Crippen LogP contribution < -0.4 is 0 Å². The molecule has 0 aliphatic carbocycles. The van der Waals surface area contributed by atoms with Gasteiger partial charge in [0.1, 0.15) is 0 Å². The molecule has 8 heteroatoms. The number of esters is 2. The molecule has 0 saturated carbocycles. The summed E-state index contributed by atoms with van der Waals surface area (Å²) in [6.45, 7) is 3.59. The van der Waals surface area contributed by atoms with Crippen molar-refractivity contribution in [2.24, 2.45) is 0 Å². The Hall–Kier alpha value is -2.15. The number of hydrogen-bond donors (Lipinski definition) is 0. The summed E-state index contributed by atoms with van der Waals surface area (Å²) in [7, 11) is 0. The molecule has 0 aromatic heterocycles. The molecule has 1 aromatic carbocycles. The highest BCUT2D eigenvalue weighted by Crippen LogP contribution is 2.23. The van der Waals surface area contributed by atoms with Crippen LogP contribution in [0.15, 0.2) is 18.2 Å². The number of rotatable bonds is 7. The standard InChI is InChI=1S/C14H16ClNO6/c1-3-4-7-21-13(17)9(2)22-14(18)11-6-5-10(16(19)20)8-12(11)15/h5-6,8-9H,3-4,7H2,1-2H3/t9-/m1/s1. The van der Waals surface area contributed by atoms with E-state index in [1.165, 1.54) is 13.0 Å². The molecule has 7 nitrogen and oxygen atoms in total. The van der Waals surface area contributed by atoms with Crippen molar-refractivity contribution in [3.63, 3.8) is 0 Å². The molecule has 0 fully saturated rings. The van der Waals surface area contributed by atoms with Crippen LogP contribution in [0.5, 0.6) is 0 Å². The highest BCUT2D eigenvalue weighted by molar-refractivity contribution is 6.33. The fraction of sp³-hybridized carbons (Fsp3) is 0.429. The average Bonchev–Trinajstić information content (AvgIpc) is 2.46. The Balaban J connectivity index is 2.68. The van der Waals surface area contributed by atoms with Gasteiger partial charge >= 0.3 is 11.9 Å². The van der Waals surface area contributed by atoms with Crippen molar-refractivity contribution in [2.75, 3.05) is 6.61 Å². The average molecular weight is 330 g/mol. The predicted molar refractivity (Wildman–Crippen MR) is 78.9 cm³/mol. The maximum absolute atomic E-state index is 11.9. The Morgan fingerprint density at radius 2 is 2.09 bits per heavy atom. The van der Waals surface area contributed by atoms with Crippen LogP contribution in [0.2, 0.25) is 5.02 Å². The van der Waals surface area contributed by atoms with Gasteiger partial charge in [0.25, 0.3) is 5.69 Å². The van der Waals surface area contributed by atoms with Crippen LogP contribution in [-0.4, -0.2) is 29.6 Å². The molecule has 0 unspecified atom stereocenters. The number of non-ortho nitro benzene ring substituents is 1. The van der Waals surface area contributed by atoms with E-state index in [1.54, 1.807) is 0 Å². The van der Waals surface area contributed by atoms with Crippen molar-refractivity contribution in [1.82, 2.24) is 0 Å². The van der Waals surface area contributed by atoms with E-state index in [2.05, 4.69) is 0 Å². The number of nitrogens with zero attached hydrogens (tertiary/aromatic N) is 1. The summed E-state index contributed by atoms with van der Waals surface area (Å²) < 4.78 is 9.87. The summed E-state index contributed by atoms with van der Waals surface area (Å²) in [6, 6.07) is 3.35. The number of carbonyl (C=O) groups is 2. The second-order valence-electron chi connectivity index (χ2n) is 4.49. The van der Waals surface area contributed by atoms with Crippen LogP contribution in [0.25, 0.3) is 0 Å². The van der Waals surface area contributed by atoms with Crippen molar-refractivity contribution >= 4 is 29.2 Å². The summed E-state index contributed by atoms with van der Waals surface area (Å²) in [5.74, 6) is -1.50. The minimum absolute atomic E-state index is 0.0551. The van der Waals surface area contributed by atoms with Crippen LogP contribution in [0.3, 0.4) is 0 Å². The molecule has 0 heterocycles. The van der Waals surface area contributed by atoms with Gasteiger partial charge in [-0.3, -0.25) is 10.1 Å². The molecule has 22 heavy (non-hydrogen) atoms. The van der Waals surface area contributed by atoms with Gasteiger partial charge in [0, 0.05) is 12.1 Å². The van der Waals surface area contributed by atoms with Gasteiger partial charge in [-0.25, -0.2) is 9.59 Å². The lowest BCUT2D eigenvalue weighted by Gasteiger charge is -2.13. The first-order valence-corrected chi connectivity index (χ1v) is 7.06. The van der Waals surface area contributed by atoms with Crippen LogP contribution in [0.4, 0.5) is 5.69 Å². The van der Waals surface area contributed by atoms with E-state index in [0.29, 0.717) is 0 Å². The second kappa shape index (κ2) is 8.33. The summed E-state index contributed by atoms with van der Waals surface area (Å²) in [5, 5.41) is 10.5. The molecule has 0 radical (unpaired) electrons. The topological polar surface area (TPSA) is 95.7 Å². The zero-order valence-corrected chi connectivity index (χ0v) is 13.0. The number of unbranched alkanes of at least 4 members (excludes halogenated alkanes) is 1. The third kappa shape index (κ3) is 5.00. The monoisotopic (exact) mass is 329 g/mol. The summed E-state index contributed by atoms with van der Waals surface area (Å²) in [4.78, 5) is 33.5. The van der Waals surface area contributed by atoms with Gasteiger partial charge in [-0.1, -0.05) is 24.9 Å².